The van der Waals surface area contributed by atoms with Gasteiger partial charge in [-0.05, 0) is 12.1 Å². The summed E-state index contributed by atoms with van der Waals surface area (Å²) >= 11 is 0.566. The van der Waals surface area contributed by atoms with Crippen LogP contribution in [0, 0.1) is 0 Å². The highest BCUT2D eigenvalue weighted by atomic mass is 32.2. The van der Waals surface area contributed by atoms with Crippen molar-refractivity contribution in [2.24, 2.45) is 0 Å². The third-order valence-electron chi connectivity index (χ3n) is 2.00. The van der Waals surface area contributed by atoms with Crippen LogP contribution in [0.3, 0.4) is 0 Å². The van der Waals surface area contributed by atoms with Crippen molar-refractivity contribution in [2.45, 2.75) is 10.3 Å². The number of carboxylic acids is 1. The van der Waals surface area contributed by atoms with Gasteiger partial charge >= 0.3 is 11.9 Å². The van der Waals surface area contributed by atoms with Crippen LogP contribution in [0.1, 0.15) is 9.67 Å². The Balaban J connectivity index is 2.75. The molecule has 0 saturated heterocycles. The highest BCUT2D eigenvalue weighted by Crippen LogP contribution is 2.21. The zero-order valence-corrected chi connectivity index (χ0v) is 11.3. The van der Waals surface area contributed by atoms with Crippen LogP contribution in [0.5, 0.6) is 0 Å². The van der Waals surface area contributed by atoms with Gasteiger partial charge in [-0.1, -0.05) is 0 Å². The summed E-state index contributed by atoms with van der Waals surface area (Å²) < 4.78 is 29.4. The number of esters is 1. The number of hydrogen-bond donors (Lipinski definition) is 3. The zero-order valence-electron chi connectivity index (χ0n) is 9.69. The van der Waals surface area contributed by atoms with Gasteiger partial charge in [0, 0.05) is 6.54 Å². The number of carbonyl (C=O) groups is 2. The van der Waals surface area contributed by atoms with Crippen molar-refractivity contribution in [1.29, 1.82) is 0 Å². The van der Waals surface area contributed by atoms with Crippen LogP contribution in [0.2, 0.25) is 0 Å². The molecule has 8 nitrogen and oxygen atoms in total. The Bertz CT molecular complexity index is 577. The van der Waals surface area contributed by atoms with E-state index in [1.807, 2.05) is 4.72 Å². The summed E-state index contributed by atoms with van der Waals surface area (Å²) in [6.07, 6.45) is -1.63. The molecule has 0 saturated carbocycles. The molecule has 3 N–H and O–H groups in total. The normalized spacial score (nSPS) is 12.9. The molecule has 0 radical (unpaired) electrons. The maximum atomic E-state index is 11.7. The quantitative estimate of drug-likeness (QED) is 0.590. The fraction of sp³-hybridized carbons (Fsp3) is 0.333. The number of carbonyl (C=O) groups excluding carboxylic acids is 1. The van der Waals surface area contributed by atoms with Crippen molar-refractivity contribution in [3.05, 3.63) is 17.0 Å². The van der Waals surface area contributed by atoms with Crippen LogP contribution in [-0.2, 0) is 19.6 Å². The summed E-state index contributed by atoms with van der Waals surface area (Å²) in [5.74, 6) is -2.21. The van der Waals surface area contributed by atoms with Gasteiger partial charge in [-0.15, -0.1) is 11.3 Å². The number of sulfonamides is 1. The highest BCUT2D eigenvalue weighted by molar-refractivity contribution is 7.91. The first-order valence-corrected chi connectivity index (χ1v) is 7.16. The van der Waals surface area contributed by atoms with Crippen molar-refractivity contribution in [2.75, 3.05) is 13.7 Å². The molecule has 0 fully saturated rings. The van der Waals surface area contributed by atoms with Crippen LogP contribution in [0.25, 0.3) is 0 Å². The predicted octanol–water partition coefficient (Wildman–Crippen LogP) is -0.742. The molecule has 1 unspecified atom stereocenters. The Labute approximate surface area is 112 Å². The molecule has 0 aliphatic heterocycles. The number of rotatable bonds is 6. The predicted molar refractivity (Wildman–Crippen MR) is 64.5 cm³/mol. The van der Waals surface area contributed by atoms with E-state index in [-0.39, 0.29) is 9.09 Å². The molecule has 1 heterocycles. The van der Waals surface area contributed by atoms with Crippen LogP contribution in [0.15, 0.2) is 16.3 Å². The maximum Gasteiger partial charge on any atom is 0.345 e. The Kier molecular flexibility index (Phi) is 5.00. The van der Waals surface area contributed by atoms with E-state index in [9.17, 15) is 23.1 Å². The Hall–Kier alpha value is -1.49. The second-order valence-corrected chi connectivity index (χ2v) is 6.39. The molecule has 0 aliphatic carbocycles. The first-order chi connectivity index (χ1) is 8.77. The number of hydrogen-bond acceptors (Lipinski definition) is 7. The smallest absolute Gasteiger partial charge is 0.345 e. The number of aliphatic hydroxyl groups excluding tert-OH is 1. The fourth-order valence-corrected chi connectivity index (χ4v) is 3.29. The lowest BCUT2D eigenvalue weighted by molar-refractivity contribution is -0.149. The topological polar surface area (TPSA) is 130 Å². The van der Waals surface area contributed by atoms with Gasteiger partial charge in [-0.2, -0.15) is 0 Å². The van der Waals surface area contributed by atoms with Gasteiger partial charge in [-0.25, -0.2) is 22.7 Å². The van der Waals surface area contributed by atoms with E-state index in [4.69, 9.17) is 5.11 Å². The zero-order chi connectivity index (χ0) is 14.6. The van der Waals surface area contributed by atoms with Crippen molar-refractivity contribution in [3.63, 3.8) is 0 Å². The molecule has 0 spiro atoms. The number of thiophene rings is 1. The van der Waals surface area contributed by atoms with Crippen LogP contribution in [0.4, 0.5) is 0 Å². The largest absolute Gasteiger partial charge is 0.477 e. The Morgan fingerprint density at radius 1 is 1.47 bits per heavy atom. The van der Waals surface area contributed by atoms with Crippen LogP contribution >= 0.6 is 11.3 Å². The molecule has 0 bridgehead atoms. The molecular formula is C9H11NO7S2. The molecule has 1 atom stereocenters. The second kappa shape index (κ2) is 6.10. The summed E-state index contributed by atoms with van der Waals surface area (Å²) in [6, 6.07) is 2.28. The van der Waals surface area contributed by atoms with Gasteiger partial charge in [0.05, 0.1) is 7.11 Å². The molecule has 106 valence electrons. The summed E-state index contributed by atoms with van der Waals surface area (Å²) in [5.41, 5.74) is 0. The molecule has 0 amide bonds. The number of methoxy groups -OCH3 is 1. The summed E-state index contributed by atoms with van der Waals surface area (Å²) in [7, 11) is -2.92. The van der Waals surface area contributed by atoms with Crippen molar-refractivity contribution in [1.82, 2.24) is 4.72 Å². The van der Waals surface area contributed by atoms with E-state index in [2.05, 4.69) is 4.74 Å². The lowest BCUT2D eigenvalue weighted by Gasteiger charge is -2.09. The molecule has 0 aliphatic rings. The third-order valence-corrected chi connectivity index (χ3v) is 4.99. The molecule has 1 aromatic heterocycles. The standard InChI is InChI=1S/C9H11NO7S2/c1-17-9(14)5(11)4-10-19(15,16)7-3-2-6(18-7)8(12)13/h2-3,5,10-11H,4H2,1H3,(H,12,13). The van der Waals surface area contributed by atoms with Gasteiger partial charge in [-0.3, -0.25) is 0 Å². The summed E-state index contributed by atoms with van der Waals surface area (Å²) in [4.78, 5) is 21.4. The van der Waals surface area contributed by atoms with E-state index >= 15 is 0 Å². The van der Waals surface area contributed by atoms with E-state index in [0.717, 1.165) is 19.2 Å². The van der Waals surface area contributed by atoms with Crippen molar-refractivity contribution < 1.29 is 33.0 Å². The molecule has 19 heavy (non-hydrogen) atoms. The second-order valence-electron chi connectivity index (χ2n) is 3.31. The molecule has 1 rings (SSSR count). The molecule has 0 aromatic carbocycles. The molecule has 1 aromatic rings. The summed E-state index contributed by atoms with van der Waals surface area (Å²) in [6.45, 7) is -0.560. The lowest BCUT2D eigenvalue weighted by Crippen LogP contribution is -2.36. The Morgan fingerprint density at radius 3 is 2.58 bits per heavy atom. The number of ether oxygens (including phenoxy) is 1. The fourth-order valence-electron chi connectivity index (χ4n) is 1.06. The van der Waals surface area contributed by atoms with Crippen LogP contribution < -0.4 is 4.72 Å². The molecular weight excluding hydrogens is 298 g/mol. The van der Waals surface area contributed by atoms with E-state index in [1.54, 1.807) is 0 Å². The van der Waals surface area contributed by atoms with Crippen molar-refractivity contribution in [3.8, 4) is 0 Å². The number of aromatic carboxylic acids is 1. The van der Waals surface area contributed by atoms with E-state index in [1.165, 1.54) is 0 Å². The number of nitrogens with one attached hydrogen (secondary N) is 1. The van der Waals surface area contributed by atoms with E-state index < -0.39 is 34.6 Å². The SMILES string of the molecule is COC(=O)C(O)CNS(=O)(=O)c1ccc(C(=O)O)s1. The average molecular weight is 309 g/mol. The first-order valence-electron chi connectivity index (χ1n) is 4.86. The van der Waals surface area contributed by atoms with Gasteiger partial charge in [0.15, 0.2) is 6.10 Å². The lowest BCUT2D eigenvalue weighted by atomic mass is 10.4. The minimum atomic E-state index is -3.97. The number of aliphatic hydroxyl groups is 1. The third kappa shape index (κ3) is 3.99. The summed E-state index contributed by atoms with van der Waals surface area (Å²) in [5, 5.41) is 17.9. The van der Waals surface area contributed by atoms with Gasteiger partial charge in [0.2, 0.25) is 10.0 Å². The van der Waals surface area contributed by atoms with E-state index in [0.29, 0.717) is 11.3 Å². The maximum absolute atomic E-state index is 11.7. The van der Waals surface area contributed by atoms with Crippen molar-refractivity contribution >= 4 is 33.3 Å². The van der Waals surface area contributed by atoms with Gasteiger partial charge in [0.1, 0.15) is 9.09 Å². The minimum absolute atomic E-state index is 0.131. The average Bonchev–Trinajstić information content (AvgIpc) is 2.85. The molecule has 10 heteroatoms. The Morgan fingerprint density at radius 2 is 2.11 bits per heavy atom. The number of carboxylic acid groups (broad SMARTS) is 1. The minimum Gasteiger partial charge on any atom is -0.477 e. The van der Waals surface area contributed by atoms with Gasteiger partial charge in [0.25, 0.3) is 0 Å². The highest BCUT2D eigenvalue weighted by Gasteiger charge is 2.22. The van der Waals surface area contributed by atoms with Crippen LogP contribution in [-0.4, -0.2) is 50.3 Å². The first kappa shape index (κ1) is 15.6. The monoisotopic (exact) mass is 309 g/mol. The van der Waals surface area contributed by atoms with Gasteiger partial charge < -0.3 is 14.9 Å².